The Balaban J connectivity index is 1.13. The van der Waals surface area contributed by atoms with Crippen molar-refractivity contribution in [3.8, 4) is 0 Å². The number of hydrogen-bond acceptors (Lipinski definition) is 11. The lowest BCUT2D eigenvalue weighted by Gasteiger charge is -2.32. The van der Waals surface area contributed by atoms with Gasteiger partial charge >= 0.3 is 0 Å². The zero-order valence-corrected chi connectivity index (χ0v) is 35.7. The van der Waals surface area contributed by atoms with Crippen LogP contribution in [0.15, 0.2) is 85.5 Å². The Kier molecular flexibility index (Phi) is 15.3. The van der Waals surface area contributed by atoms with Crippen LogP contribution in [-0.2, 0) is 52.8 Å². The number of aromatic nitrogens is 4. The normalized spacial score (nSPS) is 16.0. The van der Waals surface area contributed by atoms with E-state index >= 15 is 0 Å². The quantitative estimate of drug-likeness (QED) is 0.0515. The number of H-pyrrole nitrogens is 1. The van der Waals surface area contributed by atoms with Crippen molar-refractivity contribution in [1.82, 2.24) is 51.4 Å². The standard InChI is InChI=1S/C45H53N11O8/c1-25(2)37(55-42(61)34(50-26(3)58)20-30-16-15-29-14-13-28-11-7-17-48-38(28)39(29)51-30)45(64)56-18-8-12-36(56)44(63)54-35(23-57)43(62)53-33(19-27-9-5-4-6-10-27)41(60)52-32(40(46)59)21-31-22-47-24-49-31/h4-7,9-11,13-17,22,24-25,32-37,57H,8,12,18-21,23H2,1-3H3,(H2,46,59)(H,47,49)(H,50,58)(H,52,60)(H,53,62)(H,54,63)(H,55,61)/t32-,33-,34-,35+,36-,37-/m0/s1. The van der Waals surface area contributed by atoms with E-state index in [-0.39, 0.29) is 32.2 Å². The molecule has 6 rings (SSSR count). The third-order valence-electron chi connectivity index (χ3n) is 11.0. The molecular formula is C45H53N11O8. The van der Waals surface area contributed by atoms with Crippen molar-refractivity contribution in [2.45, 2.75) is 89.1 Å². The van der Waals surface area contributed by atoms with Crippen LogP contribution in [0.4, 0.5) is 0 Å². The average molecular weight is 876 g/mol. The SMILES string of the molecule is CC(=O)N[C@@H](Cc1ccc2ccc3cccnc3c2n1)C(=O)N[C@H](C(=O)N1CCC[C@H]1C(=O)N[C@H](CO)C(=O)N[C@@H](Cc1ccccc1)C(=O)N[C@@H](Cc1cnc[nH]1)C(N)=O)C(C)C. The summed E-state index contributed by atoms with van der Waals surface area (Å²) in [6, 6.07) is 12.8. The molecule has 64 heavy (non-hydrogen) atoms. The molecule has 336 valence electrons. The van der Waals surface area contributed by atoms with E-state index in [0.717, 1.165) is 10.8 Å². The summed E-state index contributed by atoms with van der Waals surface area (Å²) < 4.78 is 0. The molecule has 1 aliphatic rings. The minimum Gasteiger partial charge on any atom is -0.394 e. The van der Waals surface area contributed by atoms with Crippen molar-refractivity contribution < 1.29 is 38.7 Å². The van der Waals surface area contributed by atoms with Crippen molar-refractivity contribution >= 4 is 63.2 Å². The number of nitrogens with one attached hydrogen (secondary N) is 6. The first kappa shape index (κ1) is 46.2. The predicted octanol–water partition coefficient (Wildman–Crippen LogP) is 0.103. The molecule has 2 aromatic carbocycles. The van der Waals surface area contributed by atoms with Crippen LogP contribution >= 0.6 is 0 Å². The number of aromatic amines is 1. The van der Waals surface area contributed by atoms with E-state index in [4.69, 9.17) is 10.7 Å². The lowest BCUT2D eigenvalue weighted by Crippen LogP contribution is -2.61. The number of primary amides is 1. The topological polar surface area (TPSA) is 284 Å². The number of nitrogens with two attached hydrogens (primary N) is 1. The van der Waals surface area contributed by atoms with E-state index in [2.05, 4.69) is 41.5 Å². The molecule has 19 heteroatoms. The number of amides is 7. The second-order valence-corrected chi connectivity index (χ2v) is 16.1. The first-order chi connectivity index (χ1) is 30.7. The fourth-order valence-electron chi connectivity index (χ4n) is 7.70. The Hall–Kier alpha value is -7.28. The van der Waals surface area contributed by atoms with Gasteiger partial charge in [0.25, 0.3) is 0 Å². The van der Waals surface area contributed by atoms with Crippen LogP contribution in [-0.4, -0.2) is 121 Å². The summed E-state index contributed by atoms with van der Waals surface area (Å²) in [7, 11) is 0. The van der Waals surface area contributed by atoms with Gasteiger partial charge in [0.1, 0.15) is 36.3 Å². The smallest absolute Gasteiger partial charge is 0.246 e. The number of aliphatic hydroxyl groups excluding tert-OH is 1. The van der Waals surface area contributed by atoms with Gasteiger partial charge in [-0.1, -0.05) is 68.4 Å². The fourth-order valence-corrected chi connectivity index (χ4v) is 7.70. The van der Waals surface area contributed by atoms with Crippen LogP contribution in [0.2, 0.25) is 0 Å². The molecule has 5 aromatic rings. The van der Waals surface area contributed by atoms with Gasteiger partial charge in [0.15, 0.2) is 0 Å². The summed E-state index contributed by atoms with van der Waals surface area (Å²) in [5, 5.41) is 25.3. The van der Waals surface area contributed by atoms with Gasteiger partial charge < -0.3 is 47.3 Å². The lowest BCUT2D eigenvalue weighted by molar-refractivity contribution is -0.143. The molecule has 19 nitrogen and oxygen atoms in total. The van der Waals surface area contributed by atoms with E-state index in [9.17, 15) is 38.7 Å². The fraction of sp³-hybridized carbons (Fsp3) is 0.378. The van der Waals surface area contributed by atoms with Crippen LogP contribution in [0, 0.1) is 5.92 Å². The summed E-state index contributed by atoms with van der Waals surface area (Å²) in [6.07, 6.45) is 5.23. The molecular weight excluding hydrogens is 823 g/mol. The van der Waals surface area contributed by atoms with Crippen LogP contribution in [0.3, 0.4) is 0 Å². The van der Waals surface area contributed by atoms with Gasteiger partial charge in [-0.3, -0.25) is 43.5 Å². The number of pyridine rings is 2. The van der Waals surface area contributed by atoms with Gasteiger partial charge in [0, 0.05) is 67.3 Å². The molecule has 3 aromatic heterocycles. The second kappa shape index (κ2) is 21.2. The monoisotopic (exact) mass is 875 g/mol. The average Bonchev–Trinajstić information content (AvgIpc) is 4.00. The van der Waals surface area contributed by atoms with Crippen LogP contribution in [0.25, 0.3) is 21.8 Å². The van der Waals surface area contributed by atoms with E-state index in [0.29, 0.717) is 34.4 Å². The number of benzene rings is 2. The molecule has 0 aliphatic carbocycles. The highest BCUT2D eigenvalue weighted by molar-refractivity contribution is 6.03. The number of carbonyl (C=O) groups excluding carboxylic acids is 7. The molecule has 0 unspecified atom stereocenters. The number of fused-ring (bicyclic) bond motifs is 3. The molecule has 0 bridgehead atoms. The minimum absolute atomic E-state index is 0.00765. The maximum absolute atomic E-state index is 14.2. The van der Waals surface area contributed by atoms with Crippen molar-refractivity contribution in [3.05, 3.63) is 102 Å². The molecule has 7 amide bonds. The van der Waals surface area contributed by atoms with E-state index in [1.165, 1.54) is 24.3 Å². The summed E-state index contributed by atoms with van der Waals surface area (Å²) in [4.78, 5) is 111. The number of imidazole rings is 1. The summed E-state index contributed by atoms with van der Waals surface area (Å²) in [5.41, 5.74) is 8.64. The molecule has 6 atom stereocenters. The molecule has 9 N–H and O–H groups in total. The minimum atomic E-state index is -1.54. The zero-order chi connectivity index (χ0) is 45.9. The van der Waals surface area contributed by atoms with Gasteiger partial charge in [0.2, 0.25) is 41.4 Å². The highest BCUT2D eigenvalue weighted by atomic mass is 16.3. The van der Waals surface area contributed by atoms with Crippen LogP contribution in [0.1, 0.15) is 50.6 Å². The van der Waals surface area contributed by atoms with E-state index in [1.54, 1.807) is 56.4 Å². The number of hydrogen-bond donors (Lipinski definition) is 8. The summed E-state index contributed by atoms with van der Waals surface area (Å²) >= 11 is 0. The second-order valence-electron chi connectivity index (χ2n) is 16.1. The Labute approximate surface area is 368 Å². The van der Waals surface area contributed by atoms with Crippen LogP contribution in [0.5, 0.6) is 0 Å². The highest BCUT2D eigenvalue weighted by Crippen LogP contribution is 2.24. The number of nitrogens with zero attached hydrogens (tertiary/aromatic N) is 4. The molecule has 0 saturated carbocycles. The number of likely N-dealkylation sites (tertiary alicyclic amines) is 1. The van der Waals surface area contributed by atoms with Gasteiger partial charge in [-0.2, -0.15) is 0 Å². The van der Waals surface area contributed by atoms with E-state index in [1.807, 2.05) is 30.3 Å². The maximum Gasteiger partial charge on any atom is 0.246 e. The van der Waals surface area contributed by atoms with Crippen molar-refractivity contribution in [3.63, 3.8) is 0 Å². The van der Waals surface area contributed by atoms with Gasteiger partial charge in [-0.05, 0) is 36.5 Å². The molecule has 1 fully saturated rings. The third kappa shape index (κ3) is 11.6. The molecule has 0 radical (unpaired) electrons. The predicted molar refractivity (Wildman–Crippen MR) is 234 cm³/mol. The first-order valence-electron chi connectivity index (χ1n) is 21.1. The summed E-state index contributed by atoms with van der Waals surface area (Å²) in [5.74, 6) is -5.28. The maximum atomic E-state index is 14.2. The van der Waals surface area contributed by atoms with Crippen molar-refractivity contribution in [2.24, 2.45) is 11.7 Å². The van der Waals surface area contributed by atoms with Crippen molar-refractivity contribution in [2.75, 3.05) is 13.2 Å². The van der Waals surface area contributed by atoms with Gasteiger partial charge in [-0.25, -0.2) is 4.98 Å². The molecule has 4 heterocycles. The highest BCUT2D eigenvalue weighted by Gasteiger charge is 2.41. The first-order valence-corrected chi connectivity index (χ1v) is 21.1. The number of rotatable bonds is 19. The van der Waals surface area contributed by atoms with E-state index < -0.39 is 90.1 Å². The Morgan fingerprint density at radius 1 is 0.781 bits per heavy atom. The Morgan fingerprint density at radius 3 is 2.12 bits per heavy atom. The molecule has 1 saturated heterocycles. The van der Waals surface area contributed by atoms with Crippen molar-refractivity contribution in [1.29, 1.82) is 0 Å². The van der Waals surface area contributed by atoms with Crippen LogP contribution < -0.4 is 32.3 Å². The molecule has 1 aliphatic heterocycles. The Morgan fingerprint density at radius 2 is 1.45 bits per heavy atom. The Bertz CT molecular complexity index is 2480. The number of aliphatic hydroxyl groups is 1. The third-order valence-corrected chi connectivity index (χ3v) is 11.0. The largest absolute Gasteiger partial charge is 0.394 e. The lowest BCUT2D eigenvalue weighted by atomic mass is 10.0. The van der Waals surface area contributed by atoms with Gasteiger partial charge in [-0.15, -0.1) is 0 Å². The van der Waals surface area contributed by atoms with Gasteiger partial charge in [0.05, 0.1) is 24.0 Å². The molecule has 0 spiro atoms. The number of carbonyl (C=O) groups is 7. The zero-order valence-electron chi connectivity index (χ0n) is 35.7. The summed E-state index contributed by atoms with van der Waals surface area (Å²) in [6.45, 7) is 4.08.